The van der Waals surface area contributed by atoms with Gasteiger partial charge in [-0.1, -0.05) is 24.3 Å². The number of nitrogens with one attached hydrogen (secondary N) is 2. The third-order valence-corrected chi connectivity index (χ3v) is 3.95. The molecule has 3 aromatic heterocycles. The molecule has 5 nitrogen and oxygen atoms in total. The van der Waals surface area contributed by atoms with E-state index < -0.39 is 0 Å². The van der Waals surface area contributed by atoms with Gasteiger partial charge in [0.2, 0.25) is 0 Å². The molecule has 4 rings (SSSR count). The molecule has 1 atom stereocenters. The van der Waals surface area contributed by atoms with Crippen molar-refractivity contribution < 1.29 is 0 Å². The fourth-order valence-electron chi connectivity index (χ4n) is 2.86. The number of hydrogen-bond acceptors (Lipinski definition) is 3. The highest BCUT2D eigenvalue weighted by molar-refractivity contribution is 5.84. The third kappa shape index (κ3) is 2.57. The predicted molar refractivity (Wildman–Crippen MR) is 91.2 cm³/mol. The number of aromatic amines is 1. The number of nitrogens with zero attached hydrogens (tertiary/aromatic N) is 3. The predicted octanol–water partition coefficient (Wildman–Crippen LogP) is 3.50. The summed E-state index contributed by atoms with van der Waals surface area (Å²) in [6.45, 7) is 0. The Morgan fingerprint density at radius 2 is 2.00 bits per heavy atom. The zero-order valence-corrected chi connectivity index (χ0v) is 12.8. The van der Waals surface area contributed by atoms with Crippen molar-refractivity contribution in [1.82, 2.24) is 19.7 Å². The molecule has 4 aromatic rings. The van der Waals surface area contributed by atoms with E-state index in [4.69, 9.17) is 0 Å². The van der Waals surface area contributed by atoms with Crippen molar-refractivity contribution >= 4 is 16.7 Å². The van der Waals surface area contributed by atoms with E-state index in [0.29, 0.717) is 0 Å². The second kappa shape index (κ2) is 5.61. The van der Waals surface area contributed by atoms with Gasteiger partial charge in [-0.05, 0) is 18.2 Å². The van der Waals surface area contributed by atoms with Crippen molar-refractivity contribution in [2.75, 3.05) is 5.32 Å². The smallest absolute Gasteiger partial charge is 0.126 e. The Hall–Kier alpha value is -3.08. The first-order chi connectivity index (χ1) is 11.3. The highest BCUT2D eigenvalue weighted by Crippen LogP contribution is 2.31. The normalized spacial score (nSPS) is 12.4. The number of fused-ring (bicyclic) bond motifs is 1. The van der Waals surface area contributed by atoms with Crippen molar-refractivity contribution in [3.8, 4) is 0 Å². The molecule has 0 amide bonds. The summed E-state index contributed by atoms with van der Waals surface area (Å²) in [7, 11) is 1.93. The van der Waals surface area contributed by atoms with Crippen LogP contribution in [0, 0.1) is 0 Å². The van der Waals surface area contributed by atoms with Gasteiger partial charge >= 0.3 is 0 Å². The summed E-state index contributed by atoms with van der Waals surface area (Å²) in [4.78, 5) is 7.74. The molecule has 0 saturated carbocycles. The standard InChI is InChI=1S/C18H17N5/c1-23-12-13(10-21-23)18(22-17-8-4-5-9-19-17)15-11-20-16-7-3-2-6-14(15)16/h2-12,18,20H,1H3,(H,19,22). The second-order valence-electron chi connectivity index (χ2n) is 5.53. The van der Waals surface area contributed by atoms with E-state index in [9.17, 15) is 0 Å². The summed E-state index contributed by atoms with van der Waals surface area (Å²) < 4.78 is 1.82. The minimum atomic E-state index is -0.0188. The number of pyridine rings is 1. The molecule has 1 aromatic carbocycles. The van der Waals surface area contributed by atoms with Crippen molar-refractivity contribution in [3.05, 3.63) is 78.4 Å². The number of para-hydroxylation sites is 1. The first-order valence-electron chi connectivity index (χ1n) is 7.53. The summed E-state index contributed by atoms with van der Waals surface area (Å²) in [5.41, 5.74) is 3.40. The number of aromatic nitrogens is 4. The van der Waals surface area contributed by atoms with E-state index >= 15 is 0 Å². The van der Waals surface area contributed by atoms with E-state index in [1.54, 1.807) is 6.20 Å². The van der Waals surface area contributed by atoms with Crippen LogP contribution in [0.4, 0.5) is 5.82 Å². The van der Waals surface area contributed by atoms with Crippen LogP contribution in [0.2, 0.25) is 0 Å². The van der Waals surface area contributed by atoms with Gasteiger partial charge in [0, 0.05) is 47.7 Å². The van der Waals surface area contributed by atoms with Crippen LogP contribution in [0.15, 0.2) is 67.3 Å². The fraction of sp³-hybridized carbons (Fsp3) is 0.111. The number of rotatable bonds is 4. The quantitative estimate of drug-likeness (QED) is 0.606. The summed E-state index contributed by atoms with van der Waals surface area (Å²) in [6.07, 6.45) is 7.76. The Balaban J connectivity index is 1.81. The molecule has 3 heterocycles. The number of anilines is 1. The maximum Gasteiger partial charge on any atom is 0.126 e. The summed E-state index contributed by atoms with van der Waals surface area (Å²) in [5, 5.41) is 9.03. The average molecular weight is 303 g/mol. The molecule has 0 fully saturated rings. The molecular formula is C18H17N5. The van der Waals surface area contributed by atoms with Gasteiger partial charge in [-0.3, -0.25) is 4.68 Å². The minimum absolute atomic E-state index is 0.0188. The molecule has 0 saturated heterocycles. The Morgan fingerprint density at radius 3 is 2.78 bits per heavy atom. The molecule has 0 aliphatic carbocycles. The van der Waals surface area contributed by atoms with Crippen LogP contribution in [0.3, 0.4) is 0 Å². The number of aryl methyl sites for hydroxylation is 1. The second-order valence-corrected chi connectivity index (χ2v) is 5.53. The molecule has 1 unspecified atom stereocenters. The Bertz CT molecular complexity index is 923. The highest BCUT2D eigenvalue weighted by Gasteiger charge is 2.19. The average Bonchev–Trinajstić information content (AvgIpc) is 3.20. The monoisotopic (exact) mass is 303 g/mol. The Morgan fingerprint density at radius 1 is 1.13 bits per heavy atom. The molecule has 2 N–H and O–H groups in total. The van der Waals surface area contributed by atoms with Gasteiger partial charge in [-0.2, -0.15) is 5.10 Å². The van der Waals surface area contributed by atoms with Gasteiger partial charge < -0.3 is 10.3 Å². The summed E-state index contributed by atoms with van der Waals surface area (Å²) >= 11 is 0. The molecule has 5 heteroatoms. The lowest BCUT2D eigenvalue weighted by Crippen LogP contribution is -2.12. The van der Waals surface area contributed by atoms with Crippen LogP contribution in [-0.4, -0.2) is 19.7 Å². The first-order valence-corrected chi connectivity index (χ1v) is 7.53. The topological polar surface area (TPSA) is 58.5 Å². The summed E-state index contributed by atoms with van der Waals surface area (Å²) in [6, 6.07) is 14.1. The molecule has 114 valence electrons. The third-order valence-electron chi connectivity index (χ3n) is 3.95. The molecule has 0 spiro atoms. The largest absolute Gasteiger partial charge is 0.361 e. The first kappa shape index (κ1) is 13.6. The van der Waals surface area contributed by atoms with Crippen LogP contribution in [0.5, 0.6) is 0 Å². The maximum absolute atomic E-state index is 4.39. The zero-order chi connectivity index (χ0) is 15.6. The zero-order valence-electron chi connectivity index (χ0n) is 12.8. The minimum Gasteiger partial charge on any atom is -0.361 e. The Kier molecular flexibility index (Phi) is 3.31. The van der Waals surface area contributed by atoms with Gasteiger partial charge in [0.25, 0.3) is 0 Å². The SMILES string of the molecule is Cn1cc(C(Nc2ccccn2)c2c[nH]c3ccccc23)cn1. The van der Waals surface area contributed by atoms with Gasteiger partial charge in [0.05, 0.1) is 12.2 Å². The van der Waals surface area contributed by atoms with E-state index in [2.05, 4.69) is 44.8 Å². The number of benzene rings is 1. The summed E-state index contributed by atoms with van der Waals surface area (Å²) in [5.74, 6) is 0.839. The molecule has 0 aliphatic heterocycles. The molecular weight excluding hydrogens is 286 g/mol. The van der Waals surface area contributed by atoms with E-state index in [1.807, 2.05) is 48.4 Å². The van der Waals surface area contributed by atoms with Crippen LogP contribution in [0.1, 0.15) is 17.2 Å². The van der Waals surface area contributed by atoms with Crippen LogP contribution in [-0.2, 0) is 7.05 Å². The van der Waals surface area contributed by atoms with Crippen LogP contribution in [0.25, 0.3) is 10.9 Å². The van der Waals surface area contributed by atoms with E-state index in [1.165, 1.54) is 10.9 Å². The lowest BCUT2D eigenvalue weighted by molar-refractivity contribution is 0.766. The van der Waals surface area contributed by atoms with Gasteiger partial charge in [0.1, 0.15) is 5.82 Å². The van der Waals surface area contributed by atoms with Crippen molar-refractivity contribution in [1.29, 1.82) is 0 Å². The van der Waals surface area contributed by atoms with Gasteiger partial charge in [0.15, 0.2) is 0 Å². The number of H-pyrrole nitrogens is 1. The van der Waals surface area contributed by atoms with Crippen molar-refractivity contribution in [2.45, 2.75) is 6.04 Å². The molecule has 23 heavy (non-hydrogen) atoms. The lowest BCUT2D eigenvalue weighted by atomic mass is 10.0. The van der Waals surface area contributed by atoms with Crippen molar-refractivity contribution in [3.63, 3.8) is 0 Å². The lowest BCUT2D eigenvalue weighted by Gasteiger charge is -2.17. The van der Waals surface area contributed by atoms with Gasteiger partial charge in [-0.15, -0.1) is 0 Å². The highest BCUT2D eigenvalue weighted by atomic mass is 15.2. The van der Waals surface area contributed by atoms with Crippen LogP contribution >= 0.6 is 0 Å². The van der Waals surface area contributed by atoms with Gasteiger partial charge in [-0.25, -0.2) is 4.98 Å². The van der Waals surface area contributed by atoms with E-state index in [-0.39, 0.29) is 6.04 Å². The van der Waals surface area contributed by atoms with E-state index in [0.717, 1.165) is 16.9 Å². The van der Waals surface area contributed by atoms with Crippen molar-refractivity contribution in [2.24, 2.45) is 7.05 Å². The fourth-order valence-corrected chi connectivity index (χ4v) is 2.86. The Labute approximate surface area is 134 Å². The maximum atomic E-state index is 4.39. The molecule has 0 bridgehead atoms. The van der Waals surface area contributed by atoms with Crippen LogP contribution < -0.4 is 5.32 Å². The molecule has 0 radical (unpaired) electrons. The number of hydrogen-bond donors (Lipinski definition) is 2. The molecule has 0 aliphatic rings.